The topological polar surface area (TPSA) is 127 Å². The molecule has 2 aliphatic carbocycles. The molecule has 2 atom stereocenters. The van der Waals surface area contributed by atoms with Gasteiger partial charge in [0.05, 0.1) is 25.0 Å². The van der Waals surface area contributed by atoms with Crippen LogP contribution >= 0.6 is 0 Å². The van der Waals surface area contributed by atoms with Gasteiger partial charge in [0.15, 0.2) is 5.41 Å². The summed E-state index contributed by atoms with van der Waals surface area (Å²) >= 11 is 0. The van der Waals surface area contributed by atoms with Crippen molar-refractivity contribution in [3.63, 3.8) is 0 Å². The molecule has 29 heavy (non-hydrogen) atoms. The molecule has 0 aromatic heterocycles. The minimum Gasteiger partial charge on any atom is -0.481 e. The fourth-order valence-electron chi connectivity index (χ4n) is 4.18. The van der Waals surface area contributed by atoms with Crippen molar-refractivity contribution in [2.45, 2.75) is 71.6 Å². The Kier molecular flexibility index (Phi) is 7.66. The number of ether oxygens (including phenoxy) is 2. The largest absolute Gasteiger partial charge is 0.481 e. The maximum absolute atomic E-state index is 12.5. The van der Waals surface area contributed by atoms with Crippen LogP contribution in [0.3, 0.4) is 0 Å². The third-order valence-electron chi connectivity index (χ3n) is 6.09. The van der Waals surface area contributed by atoms with Gasteiger partial charge in [-0.1, -0.05) is 46.0 Å². The van der Waals surface area contributed by atoms with Crippen LogP contribution in [-0.4, -0.2) is 47.3 Å². The maximum atomic E-state index is 12.5. The van der Waals surface area contributed by atoms with Gasteiger partial charge in [-0.05, 0) is 25.7 Å². The van der Waals surface area contributed by atoms with Gasteiger partial charge in [0.2, 0.25) is 0 Å². The molecule has 2 unspecified atom stereocenters. The Morgan fingerprint density at radius 1 is 0.862 bits per heavy atom. The molecule has 2 fully saturated rings. The summed E-state index contributed by atoms with van der Waals surface area (Å²) in [5.41, 5.74) is -2.20. The third kappa shape index (κ3) is 5.70. The van der Waals surface area contributed by atoms with Gasteiger partial charge in [0.25, 0.3) is 0 Å². The van der Waals surface area contributed by atoms with E-state index in [4.69, 9.17) is 9.47 Å². The predicted octanol–water partition coefficient (Wildman–Crippen LogP) is 3.03. The molecule has 2 saturated carbocycles. The van der Waals surface area contributed by atoms with Crippen molar-refractivity contribution in [1.29, 1.82) is 0 Å². The number of hydrogen-bond donors (Lipinski definition) is 2. The van der Waals surface area contributed by atoms with E-state index in [1.165, 1.54) is 0 Å². The van der Waals surface area contributed by atoms with Crippen LogP contribution in [0.5, 0.6) is 0 Å². The van der Waals surface area contributed by atoms with Gasteiger partial charge in [0, 0.05) is 5.41 Å². The molecule has 2 N–H and O–H groups in total. The fourth-order valence-corrected chi connectivity index (χ4v) is 4.18. The van der Waals surface area contributed by atoms with Crippen LogP contribution in [0.25, 0.3) is 0 Å². The van der Waals surface area contributed by atoms with Crippen molar-refractivity contribution < 1.29 is 38.9 Å². The van der Waals surface area contributed by atoms with E-state index in [0.717, 1.165) is 19.3 Å². The molecule has 0 spiro atoms. The lowest BCUT2D eigenvalue weighted by molar-refractivity contribution is -0.175. The second-order valence-corrected chi connectivity index (χ2v) is 9.13. The Bertz CT molecular complexity index is 633. The SMILES string of the molecule is CC(C)(COC(=O)C1CCCCC1C(=O)O)COC(=O)C1(C(=O)O)CCCCC1. The number of rotatable bonds is 8. The number of carboxylic acids is 2. The van der Waals surface area contributed by atoms with Crippen LogP contribution in [0, 0.1) is 22.7 Å². The van der Waals surface area contributed by atoms with Crippen LogP contribution in [0.15, 0.2) is 0 Å². The molecule has 0 aromatic carbocycles. The minimum atomic E-state index is -1.48. The van der Waals surface area contributed by atoms with Gasteiger partial charge in [-0.15, -0.1) is 0 Å². The molecule has 0 saturated heterocycles. The number of hydrogen-bond acceptors (Lipinski definition) is 6. The van der Waals surface area contributed by atoms with Crippen LogP contribution in [-0.2, 0) is 28.7 Å². The van der Waals surface area contributed by atoms with Gasteiger partial charge in [-0.2, -0.15) is 0 Å². The molecule has 0 aromatic rings. The number of aliphatic carboxylic acids is 2. The molecule has 0 radical (unpaired) electrons. The zero-order chi connectivity index (χ0) is 21.7. The maximum Gasteiger partial charge on any atom is 0.323 e. The van der Waals surface area contributed by atoms with Gasteiger partial charge in [-0.3, -0.25) is 19.2 Å². The zero-order valence-corrected chi connectivity index (χ0v) is 17.3. The molecular weight excluding hydrogens is 380 g/mol. The predicted molar refractivity (Wildman–Crippen MR) is 102 cm³/mol. The van der Waals surface area contributed by atoms with Gasteiger partial charge in [-0.25, -0.2) is 0 Å². The van der Waals surface area contributed by atoms with E-state index in [0.29, 0.717) is 25.7 Å². The van der Waals surface area contributed by atoms with Crippen LogP contribution in [0.1, 0.15) is 71.6 Å². The summed E-state index contributed by atoms with van der Waals surface area (Å²) in [4.78, 5) is 48.0. The Hall–Kier alpha value is -2.12. The first-order valence-electron chi connectivity index (χ1n) is 10.4. The molecule has 0 aliphatic heterocycles. The average molecular weight is 412 g/mol. The molecule has 164 valence electrons. The highest BCUT2D eigenvalue weighted by molar-refractivity contribution is 5.99. The van der Waals surface area contributed by atoms with Crippen LogP contribution in [0.4, 0.5) is 0 Å². The lowest BCUT2D eigenvalue weighted by Gasteiger charge is -2.33. The van der Waals surface area contributed by atoms with Gasteiger partial charge >= 0.3 is 23.9 Å². The first-order valence-corrected chi connectivity index (χ1v) is 10.4. The van der Waals surface area contributed by atoms with E-state index in [2.05, 4.69) is 0 Å². The number of carbonyl (C=O) groups is 4. The van der Waals surface area contributed by atoms with E-state index >= 15 is 0 Å². The van der Waals surface area contributed by atoms with E-state index in [1.807, 2.05) is 0 Å². The Labute approximate surface area is 170 Å². The Morgan fingerprint density at radius 3 is 1.97 bits per heavy atom. The summed E-state index contributed by atoms with van der Waals surface area (Å²) in [5, 5.41) is 18.9. The minimum absolute atomic E-state index is 0.0397. The monoisotopic (exact) mass is 412 g/mol. The highest BCUT2D eigenvalue weighted by atomic mass is 16.6. The Morgan fingerprint density at radius 2 is 1.41 bits per heavy atom. The molecule has 8 nitrogen and oxygen atoms in total. The molecule has 0 heterocycles. The summed E-state index contributed by atoms with van der Waals surface area (Å²) in [7, 11) is 0. The number of esters is 2. The average Bonchev–Trinajstić information content (AvgIpc) is 2.70. The van der Waals surface area contributed by atoms with Crippen molar-refractivity contribution in [2.75, 3.05) is 13.2 Å². The highest BCUT2D eigenvalue weighted by Crippen LogP contribution is 2.38. The van der Waals surface area contributed by atoms with Crippen molar-refractivity contribution in [3.8, 4) is 0 Å². The van der Waals surface area contributed by atoms with Crippen LogP contribution in [0.2, 0.25) is 0 Å². The smallest absolute Gasteiger partial charge is 0.323 e. The summed E-state index contributed by atoms with van der Waals surface area (Å²) in [6.07, 6.45) is 5.34. The summed E-state index contributed by atoms with van der Waals surface area (Å²) in [6.45, 7) is 3.37. The first kappa shape index (κ1) is 23.2. The lowest BCUT2D eigenvalue weighted by Crippen LogP contribution is -2.43. The molecule has 0 bridgehead atoms. The molecule has 2 aliphatic rings. The van der Waals surface area contributed by atoms with Crippen molar-refractivity contribution >= 4 is 23.9 Å². The van der Waals surface area contributed by atoms with E-state index < -0.39 is 46.5 Å². The normalized spacial score (nSPS) is 24.3. The van der Waals surface area contributed by atoms with Crippen molar-refractivity contribution in [2.24, 2.45) is 22.7 Å². The number of carbonyl (C=O) groups excluding carboxylic acids is 2. The molecule has 8 heteroatoms. The molecular formula is C21H32O8. The number of carboxylic acid groups (broad SMARTS) is 2. The fraction of sp³-hybridized carbons (Fsp3) is 0.810. The standard InChI is InChI=1S/C21H32O8/c1-20(2,12-28-17(24)15-9-5-4-8-14(15)16(22)23)13-29-19(27)21(18(25)26)10-6-3-7-11-21/h14-15H,3-13H2,1-2H3,(H,22,23)(H,25,26). The van der Waals surface area contributed by atoms with Gasteiger partial charge in [0.1, 0.15) is 0 Å². The van der Waals surface area contributed by atoms with E-state index in [1.54, 1.807) is 13.8 Å². The Balaban J connectivity index is 1.89. The lowest BCUT2D eigenvalue weighted by atomic mass is 9.74. The van der Waals surface area contributed by atoms with E-state index in [-0.39, 0.29) is 26.1 Å². The van der Waals surface area contributed by atoms with Crippen LogP contribution < -0.4 is 0 Å². The van der Waals surface area contributed by atoms with Gasteiger partial charge < -0.3 is 19.7 Å². The third-order valence-corrected chi connectivity index (χ3v) is 6.09. The molecule has 2 rings (SSSR count). The molecule has 0 amide bonds. The summed E-state index contributed by atoms with van der Waals surface area (Å²) in [5.74, 6) is -4.78. The highest BCUT2D eigenvalue weighted by Gasteiger charge is 2.48. The summed E-state index contributed by atoms with van der Waals surface area (Å²) in [6, 6.07) is 0. The second kappa shape index (κ2) is 9.59. The second-order valence-electron chi connectivity index (χ2n) is 9.13. The van der Waals surface area contributed by atoms with E-state index in [9.17, 15) is 29.4 Å². The first-order chi connectivity index (χ1) is 13.6. The van der Waals surface area contributed by atoms with Crippen molar-refractivity contribution in [3.05, 3.63) is 0 Å². The zero-order valence-electron chi connectivity index (χ0n) is 17.3. The van der Waals surface area contributed by atoms with Crippen molar-refractivity contribution in [1.82, 2.24) is 0 Å². The summed E-state index contributed by atoms with van der Waals surface area (Å²) < 4.78 is 10.7. The quantitative estimate of drug-likeness (QED) is 0.460.